The first-order valence-corrected chi connectivity index (χ1v) is 3.97. The summed E-state index contributed by atoms with van der Waals surface area (Å²) in [6, 6.07) is 2.11. The zero-order valence-corrected chi connectivity index (χ0v) is 12.3. The first-order chi connectivity index (χ1) is 3.91. The number of nitriles is 1. The third-order valence-corrected chi connectivity index (χ3v) is 1.48. The van der Waals surface area contributed by atoms with Crippen LogP contribution in [-0.2, 0) is 19.5 Å². The standard InChI is InChI=1S/C6H10BrN.ClH.Li.Zn/c7-5-3-1-2-4-6-8;;;/h1-5H2;1H;;/q;;+1;/p-1. The number of hydrogen-bond donors (Lipinski definition) is 0. The summed E-state index contributed by atoms with van der Waals surface area (Å²) in [7, 11) is 0. The average Bonchev–Trinajstić information content (AvgIpc) is 1.81. The molecule has 0 aromatic heterocycles. The fourth-order valence-electron chi connectivity index (χ4n) is 0.475. The fraction of sp³-hybridized carbons (Fsp3) is 0.833. The van der Waals surface area contributed by atoms with Gasteiger partial charge in [0.15, 0.2) is 0 Å². The maximum atomic E-state index is 8.10. The monoisotopic (exact) mass is 281 g/mol. The van der Waals surface area contributed by atoms with Crippen molar-refractivity contribution in [1.29, 1.82) is 5.26 Å². The molecule has 0 aliphatic carbocycles. The SMILES string of the molecule is N#CCCCCCBr.[Cl-].[Li+].[Zn]. The Hall–Kier alpha value is 1.48. The molecule has 0 bridgehead atoms. The van der Waals surface area contributed by atoms with Gasteiger partial charge < -0.3 is 12.4 Å². The van der Waals surface area contributed by atoms with Gasteiger partial charge in [0, 0.05) is 31.2 Å². The van der Waals surface area contributed by atoms with E-state index >= 15 is 0 Å². The van der Waals surface area contributed by atoms with Gasteiger partial charge in [0.2, 0.25) is 0 Å². The molecule has 0 spiro atoms. The Bertz CT molecular complexity index is 89.1. The van der Waals surface area contributed by atoms with Gasteiger partial charge in [-0.05, 0) is 12.8 Å². The van der Waals surface area contributed by atoms with Crippen molar-refractivity contribution in [2.75, 3.05) is 5.33 Å². The minimum Gasteiger partial charge on any atom is -1.00 e. The smallest absolute Gasteiger partial charge is 1.00 e. The Kier molecular flexibility index (Phi) is 46.9. The number of hydrogen-bond acceptors (Lipinski definition) is 1. The van der Waals surface area contributed by atoms with Crippen molar-refractivity contribution in [2.24, 2.45) is 0 Å². The zero-order chi connectivity index (χ0) is 6.24. The number of halogens is 2. The maximum Gasteiger partial charge on any atom is 1.00 e. The zero-order valence-electron chi connectivity index (χ0n) is 6.95. The molecule has 5 heteroatoms. The van der Waals surface area contributed by atoms with E-state index in [2.05, 4.69) is 22.0 Å². The Labute approximate surface area is 108 Å². The van der Waals surface area contributed by atoms with Gasteiger partial charge in [0.05, 0.1) is 6.07 Å². The molecule has 1 nitrogen and oxygen atoms in total. The van der Waals surface area contributed by atoms with Gasteiger partial charge in [0.1, 0.15) is 0 Å². The van der Waals surface area contributed by atoms with Crippen LogP contribution in [0.5, 0.6) is 0 Å². The summed E-state index contributed by atoms with van der Waals surface area (Å²) in [5, 5.41) is 9.17. The first kappa shape index (κ1) is 22.9. The minimum absolute atomic E-state index is 0. The van der Waals surface area contributed by atoms with E-state index in [1.54, 1.807) is 0 Å². The van der Waals surface area contributed by atoms with Crippen LogP contribution in [0.15, 0.2) is 0 Å². The third-order valence-electron chi connectivity index (χ3n) is 0.922. The fourth-order valence-corrected chi connectivity index (χ4v) is 0.872. The first-order valence-electron chi connectivity index (χ1n) is 2.84. The Balaban J connectivity index is -0.0000000817. The molecule has 0 unspecified atom stereocenters. The summed E-state index contributed by atoms with van der Waals surface area (Å²) in [4.78, 5) is 0. The van der Waals surface area contributed by atoms with Crippen LogP contribution < -0.4 is 31.3 Å². The van der Waals surface area contributed by atoms with Crippen molar-refractivity contribution < 1.29 is 50.7 Å². The summed E-state index contributed by atoms with van der Waals surface area (Å²) in [6.45, 7) is 0. The minimum atomic E-state index is 0. The average molecular weight is 284 g/mol. The van der Waals surface area contributed by atoms with Gasteiger partial charge in [-0.3, -0.25) is 0 Å². The normalized spacial score (nSPS) is 6.18. The van der Waals surface area contributed by atoms with Crippen molar-refractivity contribution in [3.05, 3.63) is 0 Å². The number of rotatable bonds is 4. The van der Waals surface area contributed by atoms with Crippen LogP contribution in [0.2, 0.25) is 0 Å². The van der Waals surface area contributed by atoms with Crippen LogP contribution in [0.3, 0.4) is 0 Å². The largest absolute Gasteiger partial charge is 1.00 e. The molecule has 0 aromatic rings. The summed E-state index contributed by atoms with van der Waals surface area (Å²) in [5.74, 6) is 0. The van der Waals surface area contributed by atoms with Crippen molar-refractivity contribution >= 4 is 15.9 Å². The molecule has 0 rings (SSSR count). The summed E-state index contributed by atoms with van der Waals surface area (Å²) in [5.41, 5.74) is 0. The van der Waals surface area contributed by atoms with Gasteiger partial charge in [0.25, 0.3) is 0 Å². The topological polar surface area (TPSA) is 23.8 Å². The van der Waals surface area contributed by atoms with Gasteiger partial charge >= 0.3 is 18.9 Å². The van der Waals surface area contributed by atoms with Crippen molar-refractivity contribution in [2.45, 2.75) is 25.7 Å². The number of unbranched alkanes of at least 4 members (excludes halogenated alkanes) is 3. The van der Waals surface area contributed by atoms with E-state index in [0.717, 1.165) is 11.8 Å². The molecule has 0 saturated carbocycles. The van der Waals surface area contributed by atoms with Crippen LogP contribution in [0.25, 0.3) is 0 Å². The van der Waals surface area contributed by atoms with Crippen LogP contribution in [0.1, 0.15) is 25.7 Å². The summed E-state index contributed by atoms with van der Waals surface area (Å²) < 4.78 is 0. The molecular formula is C6H10BrClLiNZn. The van der Waals surface area contributed by atoms with Crippen LogP contribution >= 0.6 is 15.9 Å². The Morgan fingerprint density at radius 3 is 2.09 bits per heavy atom. The van der Waals surface area contributed by atoms with Gasteiger partial charge in [-0.15, -0.1) is 0 Å². The molecule has 0 aliphatic rings. The van der Waals surface area contributed by atoms with E-state index in [1.165, 1.54) is 12.8 Å². The second kappa shape index (κ2) is 22.5. The van der Waals surface area contributed by atoms with Crippen molar-refractivity contribution in [3.8, 4) is 6.07 Å². The molecule has 11 heavy (non-hydrogen) atoms. The third kappa shape index (κ3) is 24.6. The van der Waals surface area contributed by atoms with E-state index in [1.807, 2.05) is 0 Å². The molecule has 0 atom stereocenters. The van der Waals surface area contributed by atoms with Gasteiger partial charge in [-0.2, -0.15) is 5.26 Å². The van der Waals surface area contributed by atoms with E-state index in [0.29, 0.717) is 6.42 Å². The van der Waals surface area contributed by atoms with Crippen LogP contribution in [0.4, 0.5) is 0 Å². The molecule has 56 valence electrons. The predicted octanol–water partition coefficient (Wildman–Crippen LogP) is -3.53. The Morgan fingerprint density at radius 2 is 1.73 bits per heavy atom. The molecule has 0 aromatic carbocycles. The summed E-state index contributed by atoms with van der Waals surface area (Å²) in [6.07, 6.45) is 4.15. The summed E-state index contributed by atoms with van der Waals surface area (Å²) >= 11 is 3.32. The molecule has 0 fully saturated rings. The second-order valence-electron chi connectivity index (χ2n) is 1.66. The Morgan fingerprint density at radius 1 is 1.18 bits per heavy atom. The maximum absolute atomic E-state index is 8.10. The van der Waals surface area contributed by atoms with Gasteiger partial charge in [-0.25, -0.2) is 0 Å². The molecule has 0 N–H and O–H groups in total. The van der Waals surface area contributed by atoms with Crippen LogP contribution in [-0.4, -0.2) is 5.33 Å². The van der Waals surface area contributed by atoms with Crippen LogP contribution in [0, 0.1) is 11.3 Å². The second-order valence-corrected chi connectivity index (χ2v) is 2.45. The molecule has 0 heterocycles. The van der Waals surface area contributed by atoms with Crippen molar-refractivity contribution in [1.82, 2.24) is 0 Å². The number of nitrogens with zero attached hydrogens (tertiary/aromatic N) is 1. The van der Waals surface area contributed by atoms with E-state index in [9.17, 15) is 0 Å². The van der Waals surface area contributed by atoms with E-state index < -0.39 is 0 Å². The van der Waals surface area contributed by atoms with Gasteiger partial charge in [-0.1, -0.05) is 22.4 Å². The molecule has 0 radical (unpaired) electrons. The molecule has 0 amide bonds. The van der Waals surface area contributed by atoms with E-state index in [-0.39, 0.29) is 50.7 Å². The molecular weight excluding hydrogens is 274 g/mol. The number of alkyl halides is 1. The quantitative estimate of drug-likeness (QED) is 0.298. The van der Waals surface area contributed by atoms with Crippen molar-refractivity contribution in [3.63, 3.8) is 0 Å². The van der Waals surface area contributed by atoms with E-state index in [4.69, 9.17) is 5.26 Å². The predicted molar refractivity (Wildman–Crippen MR) is 37.9 cm³/mol. The molecule has 0 saturated heterocycles. The molecule has 0 aliphatic heterocycles.